The molecule has 11 heteroatoms. The lowest BCUT2D eigenvalue weighted by atomic mass is 9.88. The Bertz CT molecular complexity index is 983. The van der Waals surface area contributed by atoms with E-state index in [1.165, 1.54) is 6.92 Å². The summed E-state index contributed by atoms with van der Waals surface area (Å²) in [7, 11) is 0. The van der Waals surface area contributed by atoms with Crippen molar-refractivity contribution in [3.63, 3.8) is 0 Å². The van der Waals surface area contributed by atoms with Crippen LogP contribution < -0.4 is 10.1 Å². The van der Waals surface area contributed by atoms with Gasteiger partial charge in [-0.25, -0.2) is 0 Å². The molecule has 1 aromatic rings. The Labute approximate surface area is 237 Å². The van der Waals surface area contributed by atoms with Gasteiger partial charge in [0.1, 0.15) is 23.7 Å². The number of amides is 2. The Morgan fingerprint density at radius 2 is 1.95 bits per heavy atom. The quantitative estimate of drug-likeness (QED) is 0.273. The second-order valence-corrected chi connectivity index (χ2v) is 10.7. The topological polar surface area (TPSA) is 129 Å². The highest BCUT2D eigenvalue weighted by Gasteiger charge is 2.40. The predicted molar refractivity (Wildman–Crippen MR) is 150 cm³/mol. The molecule has 0 spiro atoms. The molecule has 10 nitrogen and oxygen atoms in total. The SMILES string of the molecule is CC(=O)CCCC(=O)N(CCN1CCOCC1)C1CC(C(=O)NCCO)=CC(Oc2ccccc2I)C1O. The Balaban J connectivity index is 1.86. The van der Waals surface area contributed by atoms with Gasteiger partial charge in [0.25, 0.3) is 0 Å². The molecule has 2 aliphatic rings. The first-order valence-electron chi connectivity index (χ1n) is 13.1. The molecular formula is C27H38IN3O7. The average molecular weight is 644 g/mol. The van der Waals surface area contributed by atoms with Crippen LogP contribution >= 0.6 is 22.6 Å². The van der Waals surface area contributed by atoms with Crippen LogP contribution in [0.5, 0.6) is 5.75 Å². The second kappa shape index (κ2) is 15.5. The van der Waals surface area contributed by atoms with Crippen LogP contribution in [-0.4, -0.2) is 108 Å². The number of halogens is 1. The molecule has 1 fully saturated rings. The summed E-state index contributed by atoms with van der Waals surface area (Å²) >= 11 is 2.15. The maximum Gasteiger partial charge on any atom is 0.247 e. The summed E-state index contributed by atoms with van der Waals surface area (Å²) in [5, 5.41) is 23.3. The van der Waals surface area contributed by atoms with Gasteiger partial charge < -0.3 is 34.7 Å². The lowest BCUT2D eigenvalue weighted by Gasteiger charge is -2.41. The van der Waals surface area contributed by atoms with Gasteiger partial charge in [0.2, 0.25) is 11.8 Å². The first-order valence-corrected chi connectivity index (χ1v) is 14.2. The van der Waals surface area contributed by atoms with Crippen LogP contribution in [0.4, 0.5) is 0 Å². The van der Waals surface area contributed by atoms with Crippen molar-refractivity contribution in [3.8, 4) is 5.75 Å². The number of Topliss-reactive ketones (excluding diaryl/α,β-unsaturated/α-hetero) is 1. The van der Waals surface area contributed by atoms with Crippen LogP contribution in [0.2, 0.25) is 0 Å². The smallest absolute Gasteiger partial charge is 0.247 e. The molecule has 0 bridgehead atoms. The first kappa shape index (κ1) is 30.5. The van der Waals surface area contributed by atoms with Gasteiger partial charge >= 0.3 is 0 Å². The van der Waals surface area contributed by atoms with E-state index in [0.717, 1.165) is 16.7 Å². The second-order valence-electron chi connectivity index (χ2n) is 9.54. The van der Waals surface area contributed by atoms with E-state index < -0.39 is 18.2 Å². The third kappa shape index (κ3) is 9.01. The molecule has 0 aromatic heterocycles. The average Bonchev–Trinajstić information content (AvgIpc) is 2.90. The predicted octanol–water partition coefficient (Wildman–Crippen LogP) is 1.13. The minimum atomic E-state index is -1.08. The van der Waals surface area contributed by atoms with Crippen LogP contribution in [-0.2, 0) is 19.1 Å². The number of hydrogen-bond acceptors (Lipinski definition) is 8. The minimum Gasteiger partial charge on any atom is -0.482 e. The number of aliphatic hydroxyl groups excluding tert-OH is 2. The molecule has 1 saturated heterocycles. The number of ether oxygens (including phenoxy) is 2. The van der Waals surface area contributed by atoms with Gasteiger partial charge in [0.15, 0.2) is 0 Å². The highest BCUT2D eigenvalue weighted by atomic mass is 127. The summed E-state index contributed by atoms with van der Waals surface area (Å²) in [6.07, 6.45) is 0.709. The molecule has 210 valence electrons. The van der Waals surface area contributed by atoms with Gasteiger partial charge in [0.05, 0.1) is 29.4 Å². The number of nitrogens with one attached hydrogen (secondary N) is 1. The molecule has 1 aliphatic heterocycles. The zero-order valence-electron chi connectivity index (χ0n) is 21.8. The lowest BCUT2D eigenvalue weighted by Crippen LogP contribution is -2.56. The number of rotatable bonds is 13. The van der Waals surface area contributed by atoms with Crippen LogP contribution in [0.15, 0.2) is 35.9 Å². The molecule has 3 rings (SSSR count). The fourth-order valence-electron chi connectivity index (χ4n) is 4.65. The van der Waals surface area contributed by atoms with Gasteiger partial charge in [-0.1, -0.05) is 12.1 Å². The summed E-state index contributed by atoms with van der Waals surface area (Å²) in [5.41, 5.74) is 0.387. The van der Waals surface area contributed by atoms with Crippen LogP contribution in [0, 0.1) is 3.57 Å². The summed E-state index contributed by atoms with van der Waals surface area (Å²) in [5.74, 6) is 0.0435. The van der Waals surface area contributed by atoms with Crippen LogP contribution in [0.25, 0.3) is 0 Å². The van der Waals surface area contributed by atoms with Crippen LogP contribution in [0.1, 0.15) is 32.6 Å². The normalized spacial score (nSPS) is 21.9. The highest BCUT2D eigenvalue weighted by Crippen LogP contribution is 2.30. The molecule has 3 N–H and O–H groups in total. The summed E-state index contributed by atoms with van der Waals surface area (Å²) in [4.78, 5) is 41.7. The number of carbonyl (C=O) groups excluding carboxylic acids is 3. The minimum absolute atomic E-state index is 0.0204. The third-order valence-electron chi connectivity index (χ3n) is 6.72. The summed E-state index contributed by atoms with van der Waals surface area (Å²) in [6, 6.07) is 6.68. The van der Waals surface area contributed by atoms with Crippen molar-refractivity contribution in [2.45, 2.75) is 50.9 Å². The molecule has 2 amide bonds. The Morgan fingerprint density at radius 3 is 2.63 bits per heavy atom. The van der Waals surface area contributed by atoms with Crippen molar-refractivity contribution in [1.29, 1.82) is 0 Å². The van der Waals surface area contributed by atoms with Crippen molar-refractivity contribution in [3.05, 3.63) is 39.5 Å². The molecule has 3 unspecified atom stereocenters. The monoisotopic (exact) mass is 643 g/mol. The van der Waals surface area contributed by atoms with Gasteiger partial charge in [-0.2, -0.15) is 0 Å². The number of morpholine rings is 1. The lowest BCUT2D eigenvalue weighted by molar-refractivity contribution is -0.139. The van der Waals surface area contributed by atoms with Crippen molar-refractivity contribution in [2.24, 2.45) is 0 Å². The molecular weight excluding hydrogens is 605 g/mol. The van der Waals surface area contributed by atoms with Crippen molar-refractivity contribution < 1.29 is 34.1 Å². The molecule has 1 aromatic carbocycles. The zero-order chi connectivity index (χ0) is 27.5. The number of benzene rings is 1. The maximum absolute atomic E-state index is 13.5. The van der Waals surface area contributed by atoms with Crippen molar-refractivity contribution >= 4 is 40.2 Å². The molecule has 0 saturated carbocycles. The largest absolute Gasteiger partial charge is 0.482 e. The number of hydrogen-bond donors (Lipinski definition) is 3. The summed E-state index contributed by atoms with van der Waals surface area (Å²) in [6.45, 7) is 5.12. The fraction of sp³-hybridized carbons (Fsp3) is 0.593. The number of nitrogens with zero attached hydrogens (tertiary/aromatic N) is 2. The Morgan fingerprint density at radius 1 is 1.21 bits per heavy atom. The Kier molecular flexibility index (Phi) is 12.4. The van der Waals surface area contributed by atoms with E-state index in [1.54, 1.807) is 17.0 Å². The Hall–Kier alpha value is -2.06. The van der Waals surface area contributed by atoms with Gasteiger partial charge in [-0.15, -0.1) is 0 Å². The van der Waals surface area contributed by atoms with E-state index in [2.05, 4.69) is 32.8 Å². The standard InChI is InChI=1S/C27H38IN3O7/c1-19(33)5-4-8-25(34)31(11-10-30-12-15-37-16-13-30)22-17-20(27(36)29-9-14-32)18-24(26(22)35)38-23-7-3-2-6-21(23)28/h2-3,6-7,18,22,24,26,32,35H,4-5,8-17H2,1H3,(H,29,36). The van der Waals surface area contributed by atoms with Gasteiger partial charge in [-0.3, -0.25) is 14.5 Å². The first-order chi connectivity index (χ1) is 18.3. The molecule has 1 heterocycles. The van der Waals surface area contributed by atoms with Crippen molar-refractivity contribution in [2.75, 3.05) is 52.5 Å². The van der Waals surface area contributed by atoms with Gasteiger partial charge in [0, 0.05) is 57.6 Å². The number of ketones is 1. The molecule has 3 atom stereocenters. The van der Waals surface area contributed by atoms with E-state index >= 15 is 0 Å². The number of para-hydroxylation sites is 1. The van der Waals surface area contributed by atoms with E-state index in [0.29, 0.717) is 50.5 Å². The molecule has 38 heavy (non-hydrogen) atoms. The maximum atomic E-state index is 13.5. The number of carbonyl (C=O) groups is 3. The summed E-state index contributed by atoms with van der Waals surface area (Å²) < 4.78 is 12.5. The third-order valence-corrected chi connectivity index (χ3v) is 7.61. The fourth-order valence-corrected chi connectivity index (χ4v) is 5.16. The highest BCUT2D eigenvalue weighted by molar-refractivity contribution is 14.1. The molecule has 0 radical (unpaired) electrons. The van der Waals surface area contributed by atoms with Gasteiger partial charge in [-0.05, 0) is 54.1 Å². The molecule has 1 aliphatic carbocycles. The van der Waals surface area contributed by atoms with Crippen molar-refractivity contribution in [1.82, 2.24) is 15.1 Å². The van der Waals surface area contributed by atoms with E-state index in [4.69, 9.17) is 9.47 Å². The zero-order valence-corrected chi connectivity index (χ0v) is 24.0. The van der Waals surface area contributed by atoms with E-state index in [9.17, 15) is 24.6 Å². The van der Waals surface area contributed by atoms with Crippen LogP contribution in [0.3, 0.4) is 0 Å². The number of aliphatic hydroxyl groups is 2. The van der Waals surface area contributed by atoms with E-state index in [1.807, 2.05) is 18.2 Å². The van der Waals surface area contributed by atoms with E-state index in [-0.39, 0.29) is 43.6 Å².